The molecule has 0 spiro atoms. The Hall–Kier alpha value is -0.590. The van der Waals surface area contributed by atoms with Gasteiger partial charge in [-0.05, 0) is 37.8 Å². The summed E-state index contributed by atoms with van der Waals surface area (Å²) >= 11 is 0. The summed E-state index contributed by atoms with van der Waals surface area (Å²) in [4.78, 5) is 0.562. The summed E-state index contributed by atoms with van der Waals surface area (Å²) in [7, 11) is -2.90. The van der Waals surface area contributed by atoms with Crippen molar-refractivity contribution in [3.8, 4) is 0 Å². The molecule has 1 saturated heterocycles. The van der Waals surface area contributed by atoms with E-state index in [0.717, 1.165) is 18.4 Å². The Morgan fingerprint density at radius 1 is 1.28 bits per heavy atom. The van der Waals surface area contributed by atoms with E-state index in [0.29, 0.717) is 18.0 Å². The molecule has 1 atom stereocenters. The first-order chi connectivity index (χ1) is 8.54. The van der Waals surface area contributed by atoms with E-state index in [2.05, 4.69) is 0 Å². The molecule has 18 heavy (non-hydrogen) atoms. The zero-order valence-corrected chi connectivity index (χ0v) is 11.4. The minimum Gasteiger partial charge on any atom is -0.396 e. The molecule has 1 aromatic carbocycles. The third-order valence-corrected chi connectivity index (χ3v) is 5.39. The third-order valence-electron chi connectivity index (χ3n) is 3.44. The van der Waals surface area contributed by atoms with Crippen molar-refractivity contribution in [3.63, 3.8) is 0 Å². The number of piperidine rings is 1. The van der Waals surface area contributed by atoms with Crippen molar-refractivity contribution in [3.05, 3.63) is 29.8 Å². The summed E-state index contributed by atoms with van der Waals surface area (Å²) in [6.45, 7) is 3.30. The molecule has 1 fully saturated rings. The van der Waals surface area contributed by atoms with Crippen molar-refractivity contribution < 1.29 is 14.2 Å². The highest BCUT2D eigenvalue weighted by atomic mass is 32.3. The predicted molar refractivity (Wildman–Crippen MR) is 73.7 cm³/mol. The molecule has 0 amide bonds. The fourth-order valence-electron chi connectivity index (χ4n) is 2.28. The molecular weight excluding hydrogens is 250 g/mol. The van der Waals surface area contributed by atoms with E-state index in [1.54, 1.807) is 16.4 Å². The van der Waals surface area contributed by atoms with E-state index in [-0.39, 0.29) is 12.5 Å². The number of nitrogens with zero attached hydrogens (tertiary/aromatic N) is 1. The molecule has 1 unspecified atom stereocenters. The van der Waals surface area contributed by atoms with Crippen molar-refractivity contribution in [2.24, 2.45) is 5.92 Å². The van der Waals surface area contributed by atoms with Gasteiger partial charge in [0.05, 0.1) is 4.90 Å². The zero-order valence-electron chi connectivity index (χ0n) is 10.6. The van der Waals surface area contributed by atoms with Crippen LogP contribution in [-0.4, -0.2) is 38.2 Å². The van der Waals surface area contributed by atoms with Gasteiger partial charge in [-0.2, -0.15) is 0 Å². The van der Waals surface area contributed by atoms with E-state index >= 15 is 0 Å². The number of aliphatic hydroxyl groups is 1. The van der Waals surface area contributed by atoms with Crippen LogP contribution in [-0.2, 0) is 0 Å². The van der Waals surface area contributed by atoms with Crippen molar-refractivity contribution in [2.75, 3.05) is 19.7 Å². The number of hydrogen-bond donors (Lipinski definition) is 3. The Kier molecular flexibility index (Phi) is 4.29. The van der Waals surface area contributed by atoms with E-state index in [4.69, 9.17) is 0 Å². The molecule has 5 heteroatoms. The average molecular weight is 271 g/mol. The highest BCUT2D eigenvalue weighted by Crippen LogP contribution is 2.52. The lowest BCUT2D eigenvalue weighted by atomic mass is 10.0. The first kappa shape index (κ1) is 13.8. The molecule has 0 aromatic heterocycles. The van der Waals surface area contributed by atoms with Gasteiger partial charge in [0.2, 0.25) is 0 Å². The molecule has 3 N–H and O–H groups in total. The summed E-state index contributed by atoms with van der Waals surface area (Å²) in [5.41, 5.74) is 1.10. The number of rotatable bonds is 3. The highest BCUT2D eigenvalue weighted by Gasteiger charge is 2.30. The molecule has 4 nitrogen and oxygen atoms in total. The number of aliphatic hydroxyl groups excluding tert-OH is 1. The van der Waals surface area contributed by atoms with Crippen LogP contribution < -0.4 is 0 Å². The highest BCUT2D eigenvalue weighted by molar-refractivity contribution is 8.22. The number of benzene rings is 1. The van der Waals surface area contributed by atoms with Crippen molar-refractivity contribution in [1.82, 2.24) is 4.31 Å². The Balaban J connectivity index is 2.16. The van der Waals surface area contributed by atoms with Crippen molar-refractivity contribution >= 4 is 10.8 Å². The Morgan fingerprint density at radius 2 is 1.94 bits per heavy atom. The molecule has 0 bridgehead atoms. The van der Waals surface area contributed by atoms with E-state index in [1.165, 1.54) is 0 Å². The molecule has 102 valence electrons. The van der Waals surface area contributed by atoms with Gasteiger partial charge in [-0.3, -0.25) is 9.11 Å². The van der Waals surface area contributed by atoms with Gasteiger partial charge in [0.25, 0.3) is 0 Å². The second-order valence-corrected chi connectivity index (χ2v) is 6.94. The Bertz CT molecular complexity index is 394. The first-order valence-electron chi connectivity index (χ1n) is 6.25. The fourth-order valence-corrected chi connectivity index (χ4v) is 3.88. The lowest BCUT2D eigenvalue weighted by Gasteiger charge is -2.46. The van der Waals surface area contributed by atoms with Gasteiger partial charge >= 0.3 is 0 Å². The van der Waals surface area contributed by atoms with Crippen LogP contribution in [0.25, 0.3) is 0 Å². The van der Waals surface area contributed by atoms with E-state index < -0.39 is 10.8 Å². The summed E-state index contributed by atoms with van der Waals surface area (Å²) in [5.74, 6) is 0.148. The monoisotopic (exact) mass is 271 g/mol. The predicted octanol–water partition coefficient (Wildman–Crippen LogP) is 2.72. The largest absolute Gasteiger partial charge is 0.396 e. The van der Waals surface area contributed by atoms with Crippen LogP contribution in [0.4, 0.5) is 0 Å². The van der Waals surface area contributed by atoms with Crippen LogP contribution in [0.2, 0.25) is 0 Å². The molecule has 1 aliphatic heterocycles. The lowest BCUT2D eigenvalue weighted by Crippen LogP contribution is -2.38. The van der Waals surface area contributed by atoms with Crippen molar-refractivity contribution in [1.29, 1.82) is 0 Å². The van der Waals surface area contributed by atoms with Gasteiger partial charge in [0.15, 0.2) is 0 Å². The van der Waals surface area contributed by atoms with Gasteiger partial charge in [-0.25, -0.2) is 4.31 Å². The lowest BCUT2D eigenvalue weighted by molar-refractivity contribution is 0.159. The van der Waals surface area contributed by atoms with Gasteiger partial charge in [0.1, 0.15) is 0 Å². The maximum Gasteiger partial charge on any atom is 0.0752 e. The maximum absolute atomic E-state index is 10.4. The van der Waals surface area contributed by atoms with Crippen LogP contribution in [0.1, 0.15) is 18.4 Å². The summed E-state index contributed by atoms with van der Waals surface area (Å²) < 4.78 is 22.5. The second kappa shape index (κ2) is 5.59. The second-order valence-electron chi connectivity index (χ2n) is 4.91. The Labute approximate surface area is 110 Å². The molecule has 1 aromatic rings. The van der Waals surface area contributed by atoms with Gasteiger partial charge in [-0.1, -0.05) is 17.7 Å². The minimum atomic E-state index is -2.90. The average Bonchev–Trinajstić information content (AvgIpc) is 2.39. The topological polar surface area (TPSA) is 63.9 Å². The number of hydrogen-bond acceptors (Lipinski definition) is 4. The van der Waals surface area contributed by atoms with Gasteiger partial charge < -0.3 is 5.11 Å². The van der Waals surface area contributed by atoms with Crippen LogP contribution in [0.3, 0.4) is 0 Å². The number of aryl methyl sites for hydroxylation is 1. The quantitative estimate of drug-likeness (QED) is 0.791. The molecule has 0 radical (unpaired) electrons. The van der Waals surface area contributed by atoms with Crippen LogP contribution >= 0.6 is 10.8 Å². The van der Waals surface area contributed by atoms with Crippen LogP contribution in [0.5, 0.6) is 0 Å². The molecule has 1 heterocycles. The standard InChI is InChI=1S/C13H21NO3S/c1-11-4-6-13(7-5-11)18(16,17)14-8-2-3-12(9-14)10-15/h4-7,12,15-17H,2-3,8-10H2,1H3. The smallest absolute Gasteiger partial charge is 0.0752 e. The SMILES string of the molecule is Cc1ccc(S(O)(O)N2CCCC(CO)C2)cc1. The van der Waals surface area contributed by atoms with E-state index in [9.17, 15) is 14.2 Å². The van der Waals surface area contributed by atoms with Gasteiger partial charge in [0, 0.05) is 19.7 Å². The zero-order chi connectivity index (χ0) is 13.2. The summed E-state index contributed by atoms with van der Waals surface area (Å²) in [6, 6.07) is 7.31. The molecule has 0 aliphatic carbocycles. The molecule has 0 saturated carbocycles. The van der Waals surface area contributed by atoms with Crippen LogP contribution in [0.15, 0.2) is 29.2 Å². The normalized spacial score (nSPS) is 23.0. The molecule has 1 aliphatic rings. The van der Waals surface area contributed by atoms with Crippen LogP contribution in [0, 0.1) is 12.8 Å². The molecular formula is C13H21NO3S. The summed E-state index contributed by atoms with van der Waals surface area (Å²) in [6.07, 6.45) is 1.85. The fraction of sp³-hybridized carbons (Fsp3) is 0.538. The third kappa shape index (κ3) is 2.87. The Morgan fingerprint density at radius 3 is 2.56 bits per heavy atom. The van der Waals surface area contributed by atoms with E-state index in [1.807, 2.05) is 19.1 Å². The first-order valence-corrected chi connectivity index (χ1v) is 7.75. The van der Waals surface area contributed by atoms with Crippen molar-refractivity contribution in [2.45, 2.75) is 24.7 Å². The van der Waals surface area contributed by atoms with Gasteiger partial charge in [-0.15, -0.1) is 10.8 Å². The molecule has 2 rings (SSSR count). The summed E-state index contributed by atoms with van der Waals surface area (Å²) in [5, 5.41) is 9.20. The maximum atomic E-state index is 10.4. The minimum absolute atomic E-state index is 0.111.